The molecule has 200 valence electrons. The van der Waals surface area contributed by atoms with Crippen LogP contribution in [0.25, 0.3) is 10.9 Å². The fourth-order valence-corrected chi connectivity index (χ4v) is 3.99. The Morgan fingerprint density at radius 1 is 1.08 bits per heavy atom. The predicted molar refractivity (Wildman–Crippen MR) is 146 cm³/mol. The molecule has 0 aliphatic carbocycles. The third kappa shape index (κ3) is 5.86. The molecular formula is C28H27N5O6. The lowest BCUT2D eigenvalue weighted by Crippen LogP contribution is -2.17. The molecule has 0 unspecified atom stereocenters. The van der Waals surface area contributed by atoms with Gasteiger partial charge < -0.3 is 35.0 Å². The van der Waals surface area contributed by atoms with Gasteiger partial charge in [-0.1, -0.05) is 11.8 Å². The SMILES string of the molecule is CCOC(=O)Oc1cn(C)c2cc(C#Cc3cc(Cc4cnc(N)nc4N)cc(OC)c3OC)ccc2c1=O. The van der Waals surface area contributed by atoms with Crippen molar-refractivity contribution < 1.29 is 23.7 Å². The van der Waals surface area contributed by atoms with Crippen LogP contribution in [0.3, 0.4) is 0 Å². The van der Waals surface area contributed by atoms with Gasteiger partial charge in [0.25, 0.3) is 0 Å². The summed E-state index contributed by atoms with van der Waals surface area (Å²) in [6.45, 7) is 1.78. The molecule has 2 aromatic heterocycles. The zero-order valence-corrected chi connectivity index (χ0v) is 21.9. The summed E-state index contributed by atoms with van der Waals surface area (Å²) in [4.78, 5) is 32.6. The number of nitrogen functional groups attached to an aromatic ring is 2. The molecule has 2 heterocycles. The highest BCUT2D eigenvalue weighted by molar-refractivity contribution is 5.82. The smallest absolute Gasteiger partial charge is 0.493 e. The topological polar surface area (TPSA) is 154 Å². The van der Waals surface area contributed by atoms with Crippen LogP contribution < -0.4 is 31.1 Å². The second kappa shape index (κ2) is 11.4. The van der Waals surface area contributed by atoms with E-state index in [4.69, 9.17) is 30.4 Å². The number of rotatable bonds is 6. The van der Waals surface area contributed by atoms with Gasteiger partial charge in [0.15, 0.2) is 17.2 Å². The number of hydrogen-bond donors (Lipinski definition) is 2. The monoisotopic (exact) mass is 529 g/mol. The van der Waals surface area contributed by atoms with E-state index >= 15 is 0 Å². The maximum atomic E-state index is 12.9. The summed E-state index contributed by atoms with van der Waals surface area (Å²) < 4.78 is 22.6. The predicted octanol–water partition coefficient (Wildman–Crippen LogP) is 3.04. The first kappa shape index (κ1) is 26.8. The molecule has 0 aliphatic heterocycles. The summed E-state index contributed by atoms with van der Waals surface area (Å²) in [7, 11) is 4.82. The molecule has 11 heteroatoms. The third-order valence-corrected chi connectivity index (χ3v) is 5.80. The van der Waals surface area contributed by atoms with Crippen LogP contribution >= 0.6 is 0 Å². The number of nitrogens with two attached hydrogens (primary N) is 2. The summed E-state index contributed by atoms with van der Waals surface area (Å²) in [5.74, 6) is 7.53. The van der Waals surface area contributed by atoms with Gasteiger partial charge in [0.1, 0.15) is 5.82 Å². The number of nitrogens with zero attached hydrogens (tertiary/aromatic N) is 3. The average Bonchev–Trinajstić information content (AvgIpc) is 2.91. The van der Waals surface area contributed by atoms with Crippen LogP contribution in [0.1, 0.15) is 29.2 Å². The first-order chi connectivity index (χ1) is 18.7. The van der Waals surface area contributed by atoms with Crippen LogP contribution in [0.2, 0.25) is 0 Å². The average molecular weight is 530 g/mol. The molecule has 4 aromatic rings. The largest absolute Gasteiger partial charge is 0.514 e. The highest BCUT2D eigenvalue weighted by Crippen LogP contribution is 2.33. The molecule has 11 nitrogen and oxygen atoms in total. The number of aromatic nitrogens is 3. The van der Waals surface area contributed by atoms with Crippen molar-refractivity contribution in [1.82, 2.24) is 14.5 Å². The lowest BCUT2D eigenvalue weighted by Gasteiger charge is -2.13. The second-order valence-electron chi connectivity index (χ2n) is 8.39. The molecule has 2 aromatic carbocycles. The van der Waals surface area contributed by atoms with E-state index in [0.29, 0.717) is 51.3 Å². The van der Waals surface area contributed by atoms with E-state index in [2.05, 4.69) is 21.8 Å². The quantitative estimate of drug-likeness (QED) is 0.281. The number of fused-ring (bicyclic) bond motifs is 1. The summed E-state index contributed by atoms with van der Waals surface area (Å²) in [6, 6.07) is 8.84. The van der Waals surface area contributed by atoms with Crippen molar-refractivity contribution in [3.63, 3.8) is 0 Å². The van der Waals surface area contributed by atoms with Gasteiger partial charge in [0.05, 0.1) is 38.1 Å². The third-order valence-electron chi connectivity index (χ3n) is 5.80. The van der Waals surface area contributed by atoms with Gasteiger partial charge in [-0.3, -0.25) is 4.79 Å². The highest BCUT2D eigenvalue weighted by Gasteiger charge is 2.15. The first-order valence-electron chi connectivity index (χ1n) is 11.9. The number of carbonyl (C=O) groups excluding carboxylic acids is 1. The Bertz CT molecular complexity index is 1690. The summed E-state index contributed by atoms with van der Waals surface area (Å²) in [6.07, 6.45) is 2.51. The van der Waals surface area contributed by atoms with Gasteiger partial charge in [0, 0.05) is 36.2 Å². The number of aryl methyl sites for hydroxylation is 1. The number of carbonyl (C=O) groups is 1. The van der Waals surface area contributed by atoms with Crippen molar-refractivity contribution in [2.75, 3.05) is 32.3 Å². The number of methoxy groups -OCH3 is 2. The molecule has 4 N–H and O–H groups in total. The van der Waals surface area contributed by atoms with Crippen LogP contribution in [-0.2, 0) is 18.2 Å². The molecule has 0 amide bonds. The van der Waals surface area contributed by atoms with Gasteiger partial charge in [0.2, 0.25) is 11.4 Å². The fourth-order valence-electron chi connectivity index (χ4n) is 3.99. The van der Waals surface area contributed by atoms with Gasteiger partial charge in [-0.25, -0.2) is 9.78 Å². The molecule has 0 fully saturated rings. The van der Waals surface area contributed by atoms with Crippen molar-refractivity contribution in [3.8, 4) is 29.1 Å². The highest BCUT2D eigenvalue weighted by atomic mass is 16.7. The maximum Gasteiger partial charge on any atom is 0.514 e. The van der Waals surface area contributed by atoms with Crippen molar-refractivity contribution in [1.29, 1.82) is 0 Å². The Balaban J connectivity index is 1.72. The van der Waals surface area contributed by atoms with E-state index in [1.807, 2.05) is 12.1 Å². The zero-order valence-electron chi connectivity index (χ0n) is 21.9. The molecule has 0 saturated heterocycles. The molecule has 0 aliphatic rings. The van der Waals surface area contributed by atoms with Gasteiger partial charge in [-0.05, 0) is 42.8 Å². The number of benzene rings is 2. The summed E-state index contributed by atoms with van der Waals surface area (Å²) in [5.41, 5.74) is 14.6. The molecular weight excluding hydrogens is 502 g/mol. The Hall–Kier alpha value is -5.24. The standard InChI is InChI=1S/C28H27N5O6/c1-5-38-28(35)39-23-15-33(2)21-12-16(7-9-20(21)24(23)34)6-8-18-10-17(13-22(36-3)25(18)37-4)11-19-14-31-27(30)32-26(19)29/h7,9-10,12-15H,5,11H2,1-4H3,(H4,29,30,31,32). The minimum absolute atomic E-state index is 0.103. The van der Waals surface area contributed by atoms with Crippen molar-refractivity contribution >= 4 is 28.8 Å². The van der Waals surface area contributed by atoms with Crippen LogP contribution in [0, 0.1) is 11.8 Å². The summed E-state index contributed by atoms with van der Waals surface area (Å²) >= 11 is 0. The molecule has 0 radical (unpaired) electrons. The lowest BCUT2D eigenvalue weighted by molar-refractivity contribution is 0.104. The van der Waals surface area contributed by atoms with Gasteiger partial charge >= 0.3 is 6.16 Å². The molecule has 4 rings (SSSR count). The van der Waals surface area contributed by atoms with E-state index in [1.165, 1.54) is 13.3 Å². The van der Waals surface area contributed by atoms with Crippen LogP contribution in [0.4, 0.5) is 16.6 Å². The Morgan fingerprint density at radius 3 is 2.56 bits per heavy atom. The fraction of sp³-hybridized carbons (Fsp3) is 0.214. The number of ether oxygens (including phenoxy) is 4. The Labute approximate surface area is 224 Å². The molecule has 0 spiro atoms. The first-order valence-corrected chi connectivity index (χ1v) is 11.9. The van der Waals surface area contributed by atoms with E-state index in [1.54, 1.807) is 50.0 Å². The Kier molecular flexibility index (Phi) is 7.86. The molecule has 0 atom stereocenters. The minimum Gasteiger partial charge on any atom is -0.493 e. The zero-order chi connectivity index (χ0) is 28.1. The van der Waals surface area contributed by atoms with Crippen molar-refractivity contribution in [2.24, 2.45) is 7.05 Å². The van der Waals surface area contributed by atoms with Gasteiger partial charge in [-0.2, -0.15) is 4.98 Å². The summed E-state index contributed by atoms with van der Waals surface area (Å²) in [5, 5.41) is 0.370. The van der Waals surface area contributed by atoms with Crippen LogP contribution in [-0.4, -0.2) is 41.5 Å². The number of hydrogen-bond acceptors (Lipinski definition) is 10. The number of pyridine rings is 1. The molecule has 0 bridgehead atoms. The van der Waals surface area contributed by atoms with Gasteiger partial charge in [-0.15, -0.1) is 0 Å². The van der Waals surface area contributed by atoms with E-state index in [-0.39, 0.29) is 18.3 Å². The normalized spacial score (nSPS) is 10.5. The van der Waals surface area contributed by atoms with Crippen LogP contribution in [0.5, 0.6) is 17.2 Å². The van der Waals surface area contributed by atoms with E-state index < -0.39 is 11.6 Å². The molecule has 0 saturated carbocycles. The Morgan fingerprint density at radius 2 is 1.87 bits per heavy atom. The van der Waals surface area contributed by atoms with E-state index in [9.17, 15) is 9.59 Å². The minimum atomic E-state index is -0.936. The van der Waals surface area contributed by atoms with Crippen molar-refractivity contribution in [2.45, 2.75) is 13.3 Å². The maximum absolute atomic E-state index is 12.9. The lowest BCUT2D eigenvalue weighted by atomic mass is 10.0. The van der Waals surface area contributed by atoms with E-state index in [0.717, 1.165) is 5.56 Å². The van der Waals surface area contributed by atoms with Crippen LogP contribution in [0.15, 0.2) is 47.5 Å². The van der Waals surface area contributed by atoms with Crippen molar-refractivity contribution in [3.05, 3.63) is 75.2 Å². The molecule has 39 heavy (non-hydrogen) atoms. The second-order valence-corrected chi connectivity index (χ2v) is 8.39. The number of anilines is 2.